The first-order valence-electron chi connectivity index (χ1n) is 11.5. The van der Waals surface area contributed by atoms with Crippen LogP contribution in [0.25, 0.3) is 5.69 Å². The van der Waals surface area contributed by atoms with E-state index in [4.69, 9.17) is 0 Å². The maximum absolute atomic E-state index is 13.6. The summed E-state index contributed by atoms with van der Waals surface area (Å²) in [5.74, 6) is 0.450. The summed E-state index contributed by atoms with van der Waals surface area (Å²) in [5.41, 5.74) is 1.84. The minimum Gasteiger partial charge on any atom is -0.351 e. The molecular weight excluding hydrogens is 437 g/mol. The number of nitrogens with one attached hydrogen (secondary N) is 1. The number of benzene rings is 2. The molecule has 1 aromatic heterocycles. The van der Waals surface area contributed by atoms with Crippen LogP contribution in [-0.2, 0) is 11.3 Å². The van der Waals surface area contributed by atoms with Crippen LogP contribution in [-0.4, -0.2) is 43.9 Å². The van der Waals surface area contributed by atoms with Crippen molar-refractivity contribution >= 4 is 17.7 Å². The van der Waals surface area contributed by atoms with Crippen LogP contribution in [0.1, 0.15) is 50.5 Å². The minimum atomic E-state index is -0.366. The van der Waals surface area contributed by atoms with Crippen molar-refractivity contribution in [2.45, 2.75) is 56.1 Å². The molecule has 1 aliphatic rings. The van der Waals surface area contributed by atoms with Gasteiger partial charge in [-0.05, 0) is 69.6 Å². The van der Waals surface area contributed by atoms with E-state index in [1.54, 1.807) is 12.1 Å². The number of nitrogens with zero attached hydrogens (tertiary/aromatic N) is 4. The van der Waals surface area contributed by atoms with E-state index in [1.165, 1.54) is 43.2 Å². The van der Waals surface area contributed by atoms with Crippen LogP contribution in [0.5, 0.6) is 0 Å². The van der Waals surface area contributed by atoms with Crippen molar-refractivity contribution < 1.29 is 9.18 Å². The number of halogens is 1. The second-order valence-corrected chi connectivity index (χ2v) is 9.70. The normalized spacial score (nSPS) is 16.3. The number of amides is 1. The Bertz CT molecular complexity index is 1050. The summed E-state index contributed by atoms with van der Waals surface area (Å²) >= 11 is 1.36. The Morgan fingerprint density at radius 1 is 1.03 bits per heavy atom. The summed E-state index contributed by atoms with van der Waals surface area (Å²) in [6, 6.07) is 16.2. The van der Waals surface area contributed by atoms with Crippen LogP contribution < -0.4 is 5.32 Å². The fourth-order valence-corrected chi connectivity index (χ4v) is 4.97. The summed E-state index contributed by atoms with van der Waals surface area (Å²) in [6.07, 6.45) is 3.61. The Morgan fingerprint density at radius 2 is 1.73 bits per heavy atom. The molecule has 1 saturated heterocycles. The number of thioether (sulfide) groups is 1. The Labute approximate surface area is 198 Å². The topological polar surface area (TPSA) is 63.1 Å². The van der Waals surface area contributed by atoms with E-state index < -0.39 is 0 Å². The molecule has 0 radical (unpaired) electrons. The molecule has 6 nitrogen and oxygen atoms in total. The third-order valence-electron chi connectivity index (χ3n) is 6.02. The van der Waals surface area contributed by atoms with Crippen molar-refractivity contribution in [2.75, 3.05) is 13.1 Å². The van der Waals surface area contributed by atoms with Gasteiger partial charge in [0.1, 0.15) is 5.82 Å². The molecule has 2 atom stereocenters. The van der Waals surface area contributed by atoms with Gasteiger partial charge < -0.3 is 5.32 Å². The number of aromatic nitrogens is 3. The van der Waals surface area contributed by atoms with Gasteiger partial charge in [-0.3, -0.25) is 14.3 Å². The van der Waals surface area contributed by atoms with E-state index in [9.17, 15) is 9.18 Å². The maximum atomic E-state index is 13.6. The lowest BCUT2D eigenvalue weighted by Gasteiger charge is -2.32. The van der Waals surface area contributed by atoms with Gasteiger partial charge in [-0.1, -0.05) is 48.5 Å². The molecule has 0 saturated carbocycles. The van der Waals surface area contributed by atoms with E-state index in [0.717, 1.165) is 30.2 Å². The Balaban J connectivity index is 1.54. The molecule has 0 bridgehead atoms. The quantitative estimate of drug-likeness (QED) is 0.485. The highest BCUT2D eigenvalue weighted by Crippen LogP contribution is 2.31. The predicted molar refractivity (Wildman–Crippen MR) is 129 cm³/mol. The summed E-state index contributed by atoms with van der Waals surface area (Å²) in [5, 5.41) is 12.2. The second kappa shape index (κ2) is 10.9. The van der Waals surface area contributed by atoms with Crippen molar-refractivity contribution in [2.24, 2.45) is 0 Å². The zero-order valence-electron chi connectivity index (χ0n) is 19.1. The highest BCUT2D eigenvalue weighted by Gasteiger charge is 2.27. The maximum Gasteiger partial charge on any atom is 0.233 e. The van der Waals surface area contributed by atoms with Crippen molar-refractivity contribution in [3.8, 4) is 5.69 Å². The Morgan fingerprint density at radius 3 is 2.42 bits per heavy atom. The van der Waals surface area contributed by atoms with Gasteiger partial charge in [-0.15, -0.1) is 10.2 Å². The molecule has 8 heteroatoms. The molecule has 33 heavy (non-hydrogen) atoms. The predicted octanol–water partition coefficient (Wildman–Crippen LogP) is 4.75. The number of likely N-dealkylation sites (tertiary alicyclic amines) is 1. The molecule has 1 N–H and O–H groups in total. The molecule has 0 aliphatic carbocycles. The fraction of sp³-hybridized carbons (Fsp3) is 0.400. The number of hydrogen-bond donors (Lipinski definition) is 1. The fourth-order valence-electron chi connectivity index (χ4n) is 4.07. The lowest BCUT2D eigenvalue weighted by molar-refractivity contribution is -0.120. The monoisotopic (exact) mass is 467 g/mol. The molecule has 4 rings (SSSR count). The average Bonchev–Trinajstić information content (AvgIpc) is 3.27. The second-order valence-electron chi connectivity index (χ2n) is 8.39. The largest absolute Gasteiger partial charge is 0.351 e. The third-order valence-corrected chi connectivity index (χ3v) is 7.06. The highest BCUT2D eigenvalue weighted by atomic mass is 32.2. The first kappa shape index (κ1) is 23.4. The van der Waals surface area contributed by atoms with Crippen molar-refractivity contribution in [1.29, 1.82) is 0 Å². The molecule has 1 fully saturated rings. The average molecular weight is 468 g/mol. The van der Waals surface area contributed by atoms with Crippen molar-refractivity contribution in [3.63, 3.8) is 0 Å². The van der Waals surface area contributed by atoms with Crippen LogP contribution in [0.3, 0.4) is 0 Å². The van der Waals surface area contributed by atoms with Crippen LogP contribution in [0.15, 0.2) is 59.8 Å². The van der Waals surface area contributed by atoms with Gasteiger partial charge in [0.2, 0.25) is 5.91 Å². The molecule has 174 valence electrons. The van der Waals surface area contributed by atoms with E-state index in [2.05, 4.69) is 27.3 Å². The standard InChI is InChI=1S/C25H30FN5OS/c1-18(30-15-7-4-8-16-30)23-28-29-25(31(23)22-13-11-21(26)12-14-22)33-19(2)24(32)27-17-20-9-5-3-6-10-20/h3,5-6,9-14,18-19H,4,7-8,15-17H2,1-2H3,(H,27,32). The number of carbonyl (C=O) groups excluding carboxylic acids is 1. The van der Waals surface area contributed by atoms with E-state index in [0.29, 0.717) is 11.7 Å². The number of hydrogen-bond acceptors (Lipinski definition) is 5. The Kier molecular flexibility index (Phi) is 7.77. The smallest absolute Gasteiger partial charge is 0.233 e. The molecule has 1 amide bonds. The van der Waals surface area contributed by atoms with E-state index in [-0.39, 0.29) is 23.0 Å². The third kappa shape index (κ3) is 5.81. The van der Waals surface area contributed by atoms with Crippen LogP contribution in [0.2, 0.25) is 0 Å². The summed E-state index contributed by atoms with van der Waals surface area (Å²) in [7, 11) is 0. The SMILES string of the molecule is CC(Sc1nnc(C(C)N2CCCCC2)n1-c1ccc(F)cc1)C(=O)NCc1ccccc1. The van der Waals surface area contributed by atoms with Crippen LogP contribution in [0, 0.1) is 5.82 Å². The summed E-state index contributed by atoms with van der Waals surface area (Å²) in [4.78, 5) is 15.2. The van der Waals surface area contributed by atoms with Crippen LogP contribution >= 0.6 is 11.8 Å². The molecule has 2 heterocycles. The lowest BCUT2D eigenvalue weighted by atomic mass is 10.1. The van der Waals surface area contributed by atoms with Gasteiger partial charge in [-0.25, -0.2) is 4.39 Å². The highest BCUT2D eigenvalue weighted by molar-refractivity contribution is 8.00. The van der Waals surface area contributed by atoms with Gasteiger partial charge in [-0.2, -0.15) is 0 Å². The molecule has 2 aromatic carbocycles. The summed E-state index contributed by atoms with van der Waals surface area (Å²) in [6.45, 7) is 6.53. The molecule has 0 spiro atoms. The van der Waals surface area contributed by atoms with Gasteiger partial charge in [0.25, 0.3) is 0 Å². The van der Waals surface area contributed by atoms with E-state index in [1.807, 2.05) is 41.8 Å². The van der Waals surface area contributed by atoms with Crippen molar-refractivity contribution in [1.82, 2.24) is 25.0 Å². The Hall–Kier alpha value is -2.71. The molecule has 2 unspecified atom stereocenters. The lowest BCUT2D eigenvalue weighted by Crippen LogP contribution is -2.33. The zero-order valence-corrected chi connectivity index (χ0v) is 19.9. The van der Waals surface area contributed by atoms with E-state index >= 15 is 0 Å². The van der Waals surface area contributed by atoms with Crippen molar-refractivity contribution in [3.05, 3.63) is 71.8 Å². The van der Waals surface area contributed by atoms with Crippen LogP contribution in [0.4, 0.5) is 4.39 Å². The van der Waals surface area contributed by atoms with Gasteiger partial charge in [0, 0.05) is 12.2 Å². The molecule has 3 aromatic rings. The zero-order chi connectivity index (χ0) is 23.2. The number of carbonyl (C=O) groups is 1. The first-order chi connectivity index (χ1) is 16.0. The minimum absolute atomic E-state index is 0.0665. The summed E-state index contributed by atoms with van der Waals surface area (Å²) < 4.78 is 15.6. The number of piperidine rings is 1. The number of rotatable bonds is 8. The van der Waals surface area contributed by atoms with Gasteiger partial charge in [0.05, 0.1) is 11.3 Å². The van der Waals surface area contributed by atoms with Gasteiger partial charge in [0.15, 0.2) is 11.0 Å². The first-order valence-corrected chi connectivity index (χ1v) is 12.3. The molecule has 1 aliphatic heterocycles. The molecular formula is C25H30FN5OS. The van der Waals surface area contributed by atoms with Gasteiger partial charge >= 0.3 is 0 Å².